The fourth-order valence-electron chi connectivity index (χ4n) is 2.50. The van der Waals surface area contributed by atoms with E-state index in [4.69, 9.17) is 0 Å². The summed E-state index contributed by atoms with van der Waals surface area (Å²) in [6.45, 7) is 0. The molecule has 140 valence electrons. The Balaban J connectivity index is 1.71. The van der Waals surface area contributed by atoms with E-state index in [1.165, 1.54) is 41.1 Å². The van der Waals surface area contributed by atoms with Gasteiger partial charge in [-0.15, -0.1) is 0 Å². The lowest BCUT2D eigenvalue weighted by Crippen LogP contribution is -2.26. The summed E-state index contributed by atoms with van der Waals surface area (Å²) in [5.74, 6) is -1.70. The van der Waals surface area contributed by atoms with Gasteiger partial charge in [-0.1, -0.05) is 24.3 Å². The molecule has 1 atom stereocenters. The quantitative estimate of drug-likeness (QED) is 0.598. The van der Waals surface area contributed by atoms with Crippen molar-refractivity contribution in [3.8, 4) is 11.8 Å². The molecule has 1 N–H and O–H groups in total. The van der Waals surface area contributed by atoms with Crippen molar-refractivity contribution < 1.29 is 13.6 Å². The van der Waals surface area contributed by atoms with E-state index in [-0.39, 0.29) is 11.3 Å². The van der Waals surface area contributed by atoms with Gasteiger partial charge in [-0.3, -0.25) is 4.79 Å². The van der Waals surface area contributed by atoms with Gasteiger partial charge < -0.3 is 5.32 Å². The zero-order valence-corrected chi connectivity index (χ0v) is 15.9. The second-order valence-corrected chi connectivity index (χ2v) is 6.66. The van der Waals surface area contributed by atoms with Crippen LogP contribution in [0.3, 0.4) is 0 Å². The standard InChI is InChI=1S/C20H13BrF2N4O/c21-14-11-25-27(12-14)19-7-5-13(9-17(19)23)6-8-20(28)26-18(10-24)15-3-1-2-4-16(15)22/h1-9,11-12,18H,(H,26,28)/b8-6+. The Hall–Kier alpha value is -3.31. The van der Waals surface area contributed by atoms with E-state index >= 15 is 0 Å². The molecule has 0 bridgehead atoms. The van der Waals surface area contributed by atoms with Gasteiger partial charge in [0, 0.05) is 17.8 Å². The van der Waals surface area contributed by atoms with Crippen molar-refractivity contribution in [3.05, 3.63) is 88.2 Å². The van der Waals surface area contributed by atoms with Gasteiger partial charge in [0.05, 0.1) is 16.7 Å². The number of benzene rings is 2. The van der Waals surface area contributed by atoms with E-state index in [2.05, 4.69) is 26.3 Å². The van der Waals surface area contributed by atoms with Crippen LogP contribution in [0.1, 0.15) is 17.2 Å². The van der Waals surface area contributed by atoms with Crippen LogP contribution in [0.4, 0.5) is 8.78 Å². The molecule has 0 fully saturated rings. The minimum atomic E-state index is -1.13. The molecule has 0 aliphatic carbocycles. The molecule has 0 spiro atoms. The normalized spacial score (nSPS) is 11.9. The topological polar surface area (TPSA) is 70.7 Å². The molecule has 8 heteroatoms. The Kier molecular flexibility index (Phi) is 5.96. The average molecular weight is 443 g/mol. The minimum absolute atomic E-state index is 0.0764. The van der Waals surface area contributed by atoms with Gasteiger partial charge in [0.25, 0.3) is 0 Å². The maximum Gasteiger partial charge on any atom is 0.245 e. The van der Waals surface area contributed by atoms with E-state index in [0.29, 0.717) is 5.56 Å². The summed E-state index contributed by atoms with van der Waals surface area (Å²) in [4.78, 5) is 12.1. The zero-order chi connectivity index (χ0) is 20.1. The number of amides is 1. The second kappa shape index (κ2) is 8.59. The second-order valence-electron chi connectivity index (χ2n) is 5.74. The molecule has 1 heterocycles. The van der Waals surface area contributed by atoms with Crippen molar-refractivity contribution in [2.24, 2.45) is 0 Å². The van der Waals surface area contributed by atoms with Crippen LogP contribution in [0.2, 0.25) is 0 Å². The molecule has 1 unspecified atom stereocenters. The van der Waals surface area contributed by atoms with Gasteiger partial charge in [-0.25, -0.2) is 13.5 Å². The Morgan fingerprint density at radius 3 is 2.68 bits per heavy atom. The lowest BCUT2D eigenvalue weighted by Gasteiger charge is -2.11. The summed E-state index contributed by atoms with van der Waals surface area (Å²) < 4.78 is 30.2. The number of aromatic nitrogens is 2. The molecule has 1 amide bonds. The summed E-state index contributed by atoms with van der Waals surface area (Å²) in [5.41, 5.74) is 0.783. The largest absolute Gasteiger partial charge is 0.333 e. The Morgan fingerprint density at radius 2 is 2.04 bits per heavy atom. The number of carbonyl (C=O) groups is 1. The van der Waals surface area contributed by atoms with Crippen LogP contribution in [0, 0.1) is 23.0 Å². The van der Waals surface area contributed by atoms with E-state index in [1.54, 1.807) is 24.5 Å². The van der Waals surface area contributed by atoms with Crippen LogP contribution in [0.15, 0.2) is 65.4 Å². The van der Waals surface area contributed by atoms with Gasteiger partial charge in [0.15, 0.2) is 0 Å². The average Bonchev–Trinajstić information content (AvgIpc) is 3.11. The molecule has 5 nitrogen and oxygen atoms in total. The minimum Gasteiger partial charge on any atom is -0.333 e. The molecule has 3 rings (SSSR count). The third-order valence-corrected chi connectivity index (χ3v) is 4.24. The number of halogens is 3. The number of nitrogens with one attached hydrogen (secondary N) is 1. The van der Waals surface area contributed by atoms with E-state index in [9.17, 15) is 18.8 Å². The first-order valence-corrected chi connectivity index (χ1v) is 8.90. The van der Waals surface area contributed by atoms with Crippen LogP contribution in [0.25, 0.3) is 11.8 Å². The van der Waals surface area contributed by atoms with Crippen LogP contribution in [-0.4, -0.2) is 15.7 Å². The zero-order valence-electron chi connectivity index (χ0n) is 14.3. The van der Waals surface area contributed by atoms with Crippen LogP contribution in [0.5, 0.6) is 0 Å². The Morgan fingerprint density at radius 1 is 1.25 bits per heavy atom. The fraction of sp³-hybridized carbons (Fsp3) is 0.0500. The third-order valence-electron chi connectivity index (χ3n) is 3.83. The predicted octanol–water partition coefficient (Wildman–Crippen LogP) is 4.31. The van der Waals surface area contributed by atoms with Gasteiger partial charge in [0.1, 0.15) is 23.4 Å². The molecular weight excluding hydrogens is 430 g/mol. The molecule has 2 aromatic carbocycles. The number of hydrogen-bond acceptors (Lipinski definition) is 3. The first kappa shape index (κ1) is 19.5. The molecule has 0 aliphatic heterocycles. The van der Waals surface area contributed by atoms with Crippen molar-refractivity contribution in [1.29, 1.82) is 5.26 Å². The van der Waals surface area contributed by atoms with Crippen LogP contribution >= 0.6 is 15.9 Å². The Labute approximate surface area is 168 Å². The maximum absolute atomic E-state index is 14.3. The summed E-state index contributed by atoms with van der Waals surface area (Å²) in [6, 6.07) is 10.8. The smallest absolute Gasteiger partial charge is 0.245 e. The highest BCUT2D eigenvalue weighted by atomic mass is 79.9. The molecule has 3 aromatic rings. The Bertz CT molecular complexity index is 1090. The number of hydrogen-bond donors (Lipinski definition) is 1. The monoisotopic (exact) mass is 442 g/mol. The first-order chi connectivity index (χ1) is 13.5. The van der Waals surface area contributed by atoms with Gasteiger partial charge >= 0.3 is 0 Å². The number of rotatable bonds is 5. The van der Waals surface area contributed by atoms with E-state index in [0.717, 1.165) is 10.5 Å². The SMILES string of the molecule is N#CC(NC(=O)/C=C/c1ccc(-n2cc(Br)cn2)c(F)c1)c1ccccc1F. The van der Waals surface area contributed by atoms with Crippen molar-refractivity contribution in [3.63, 3.8) is 0 Å². The van der Waals surface area contributed by atoms with Crippen LogP contribution < -0.4 is 5.32 Å². The van der Waals surface area contributed by atoms with E-state index in [1.807, 2.05) is 6.07 Å². The van der Waals surface area contributed by atoms with Crippen molar-refractivity contribution in [1.82, 2.24) is 15.1 Å². The number of carbonyl (C=O) groups excluding carboxylic acids is 1. The highest BCUT2D eigenvalue weighted by molar-refractivity contribution is 9.10. The highest BCUT2D eigenvalue weighted by Gasteiger charge is 2.16. The lowest BCUT2D eigenvalue weighted by atomic mass is 10.1. The molecule has 0 aliphatic rings. The van der Waals surface area contributed by atoms with E-state index < -0.39 is 23.6 Å². The highest BCUT2D eigenvalue weighted by Crippen LogP contribution is 2.18. The van der Waals surface area contributed by atoms with Crippen molar-refractivity contribution >= 4 is 27.9 Å². The summed E-state index contributed by atoms with van der Waals surface area (Å²) in [7, 11) is 0. The number of nitrogens with zero attached hydrogens (tertiary/aromatic N) is 3. The fourth-order valence-corrected chi connectivity index (χ4v) is 2.78. The molecule has 0 saturated carbocycles. The molecular formula is C20H13BrF2N4O. The summed E-state index contributed by atoms with van der Waals surface area (Å²) in [6.07, 6.45) is 5.71. The van der Waals surface area contributed by atoms with Crippen LogP contribution in [-0.2, 0) is 4.79 Å². The van der Waals surface area contributed by atoms with Crippen molar-refractivity contribution in [2.75, 3.05) is 0 Å². The molecule has 0 saturated heterocycles. The first-order valence-electron chi connectivity index (χ1n) is 8.10. The molecule has 0 radical (unpaired) electrons. The molecule has 1 aromatic heterocycles. The summed E-state index contributed by atoms with van der Waals surface area (Å²) >= 11 is 3.25. The third kappa shape index (κ3) is 4.50. The van der Waals surface area contributed by atoms with Gasteiger partial charge in [0.2, 0.25) is 5.91 Å². The van der Waals surface area contributed by atoms with Crippen molar-refractivity contribution in [2.45, 2.75) is 6.04 Å². The van der Waals surface area contributed by atoms with Gasteiger partial charge in [-0.2, -0.15) is 10.4 Å². The maximum atomic E-state index is 14.3. The summed E-state index contributed by atoms with van der Waals surface area (Å²) in [5, 5.41) is 15.6. The lowest BCUT2D eigenvalue weighted by molar-refractivity contribution is -0.116. The van der Waals surface area contributed by atoms with Gasteiger partial charge in [-0.05, 0) is 45.8 Å². The number of nitriles is 1. The molecule has 28 heavy (non-hydrogen) atoms. The predicted molar refractivity (Wildman–Crippen MR) is 103 cm³/mol.